The third-order valence-corrected chi connectivity index (χ3v) is 6.68. The Labute approximate surface area is 159 Å². The number of ketones is 1. The summed E-state index contributed by atoms with van der Waals surface area (Å²) in [5.74, 6) is 0.156. The van der Waals surface area contributed by atoms with Gasteiger partial charge in [-0.1, -0.05) is 24.3 Å². The predicted octanol–water partition coefficient (Wildman–Crippen LogP) is 3.37. The Morgan fingerprint density at radius 1 is 1.23 bits per heavy atom. The van der Waals surface area contributed by atoms with Crippen molar-refractivity contribution < 1.29 is 9.53 Å². The lowest BCUT2D eigenvalue weighted by Gasteiger charge is -2.31. The van der Waals surface area contributed by atoms with Crippen LogP contribution in [0.15, 0.2) is 30.3 Å². The first-order chi connectivity index (χ1) is 12.6. The number of benzene rings is 1. The fraction of sp³-hybridized carbons (Fsp3) is 0.476. The van der Waals surface area contributed by atoms with Gasteiger partial charge in [-0.25, -0.2) is 0 Å². The Balaban J connectivity index is 1.50. The largest absolute Gasteiger partial charge is 0.379 e. The van der Waals surface area contributed by atoms with Crippen LogP contribution in [0, 0.1) is 6.92 Å². The molecule has 4 rings (SSSR count). The molecule has 0 aliphatic carbocycles. The lowest BCUT2D eigenvalue weighted by Crippen LogP contribution is -2.42. The molecule has 1 aromatic carbocycles. The number of nitrogens with zero attached hydrogens (tertiary/aromatic N) is 2. The molecule has 0 radical (unpaired) electrons. The van der Waals surface area contributed by atoms with Crippen LogP contribution >= 0.6 is 11.3 Å². The van der Waals surface area contributed by atoms with Gasteiger partial charge in [0.1, 0.15) is 0 Å². The average Bonchev–Trinajstić information content (AvgIpc) is 3.18. The normalized spacial score (nSPS) is 20.4. The zero-order chi connectivity index (χ0) is 18.1. The Hall–Kier alpha value is -1.69. The summed E-state index contributed by atoms with van der Waals surface area (Å²) in [6, 6.07) is 10.5. The van der Waals surface area contributed by atoms with Gasteiger partial charge in [0, 0.05) is 37.8 Å². The molecule has 1 saturated heterocycles. The van der Waals surface area contributed by atoms with Crippen molar-refractivity contribution in [2.24, 2.45) is 0 Å². The van der Waals surface area contributed by atoms with Crippen molar-refractivity contribution >= 4 is 22.1 Å². The summed E-state index contributed by atoms with van der Waals surface area (Å²) in [4.78, 5) is 18.8. The molecule has 1 fully saturated rings. The quantitative estimate of drug-likeness (QED) is 0.756. The van der Waals surface area contributed by atoms with Gasteiger partial charge in [-0.15, -0.1) is 11.3 Å². The molecule has 0 saturated carbocycles. The van der Waals surface area contributed by atoms with Gasteiger partial charge in [0.15, 0.2) is 0 Å². The van der Waals surface area contributed by atoms with E-state index in [1.807, 2.05) is 31.2 Å². The highest BCUT2D eigenvalue weighted by atomic mass is 32.1. The molecule has 0 amide bonds. The molecule has 2 aliphatic rings. The molecule has 0 spiro atoms. The van der Waals surface area contributed by atoms with Crippen LogP contribution in [0.5, 0.6) is 0 Å². The highest BCUT2D eigenvalue weighted by molar-refractivity contribution is 7.18. The van der Waals surface area contributed by atoms with Crippen LogP contribution in [0.1, 0.15) is 33.3 Å². The lowest BCUT2D eigenvalue weighted by atomic mass is 10.0. The third-order valence-electron chi connectivity index (χ3n) is 5.47. The average molecular weight is 371 g/mol. The van der Waals surface area contributed by atoms with E-state index in [1.54, 1.807) is 11.3 Å². The number of carbonyl (C=O) groups excluding carboxylic acids is 1. The minimum absolute atomic E-state index is 0.156. The number of anilines is 1. The molecule has 1 aromatic heterocycles. The number of rotatable bonds is 5. The molecule has 4 nitrogen and oxygen atoms in total. The van der Waals surface area contributed by atoms with Gasteiger partial charge in [-0.05, 0) is 37.5 Å². The van der Waals surface area contributed by atoms with E-state index in [-0.39, 0.29) is 5.78 Å². The number of hydrogen-bond donors (Lipinski definition) is 0. The number of morpholine rings is 1. The smallest absolute Gasteiger partial charge is 0.203 e. The Morgan fingerprint density at radius 3 is 2.77 bits per heavy atom. The van der Waals surface area contributed by atoms with Gasteiger partial charge in [0.05, 0.1) is 23.1 Å². The fourth-order valence-corrected chi connectivity index (χ4v) is 5.18. The topological polar surface area (TPSA) is 32.8 Å². The SMILES string of the molecule is Cc1ccccc1C(=O)c1cc2c(s1)N(CCN1CCOCC1)C(C)C2. The second-order valence-corrected chi connectivity index (χ2v) is 8.32. The van der Waals surface area contributed by atoms with Crippen molar-refractivity contribution in [2.75, 3.05) is 44.3 Å². The van der Waals surface area contributed by atoms with E-state index in [2.05, 4.69) is 22.8 Å². The fourth-order valence-electron chi connectivity index (χ4n) is 3.91. The minimum atomic E-state index is 0.156. The van der Waals surface area contributed by atoms with Gasteiger partial charge in [0.2, 0.25) is 5.78 Å². The summed E-state index contributed by atoms with van der Waals surface area (Å²) in [6.07, 6.45) is 1.04. The molecule has 2 aliphatic heterocycles. The Kier molecular flexibility index (Phi) is 5.11. The second-order valence-electron chi connectivity index (χ2n) is 7.29. The van der Waals surface area contributed by atoms with Crippen LogP contribution in [0.25, 0.3) is 0 Å². The van der Waals surface area contributed by atoms with Gasteiger partial charge < -0.3 is 9.64 Å². The Morgan fingerprint density at radius 2 is 2.00 bits per heavy atom. The van der Waals surface area contributed by atoms with E-state index in [0.717, 1.165) is 61.8 Å². The third kappa shape index (κ3) is 3.43. The summed E-state index contributed by atoms with van der Waals surface area (Å²) >= 11 is 1.67. The van der Waals surface area contributed by atoms with Crippen LogP contribution in [0.3, 0.4) is 0 Å². The van der Waals surface area contributed by atoms with Crippen LogP contribution in [-0.2, 0) is 11.2 Å². The van der Waals surface area contributed by atoms with Crippen LogP contribution in [0.4, 0.5) is 5.00 Å². The molecular weight excluding hydrogens is 344 g/mol. The second kappa shape index (κ2) is 7.51. The van der Waals surface area contributed by atoms with Crippen LogP contribution < -0.4 is 4.90 Å². The first-order valence-electron chi connectivity index (χ1n) is 9.43. The van der Waals surface area contributed by atoms with Crippen LogP contribution in [-0.4, -0.2) is 56.1 Å². The predicted molar refractivity (Wildman–Crippen MR) is 107 cm³/mol. The van der Waals surface area contributed by atoms with E-state index < -0.39 is 0 Å². The van der Waals surface area contributed by atoms with Crippen molar-refractivity contribution in [3.8, 4) is 0 Å². The zero-order valence-corrected chi connectivity index (χ0v) is 16.3. The van der Waals surface area contributed by atoms with E-state index >= 15 is 0 Å². The molecule has 3 heterocycles. The molecule has 5 heteroatoms. The number of carbonyl (C=O) groups is 1. The molecule has 26 heavy (non-hydrogen) atoms. The van der Waals surface area contributed by atoms with E-state index in [9.17, 15) is 4.79 Å². The van der Waals surface area contributed by atoms with Crippen LogP contribution in [0.2, 0.25) is 0 Å². The van der Waals surface area contributed by atoms with Crippen molar-refractivity contribution in [3.05, 3.63) is 51.9 Å². The van der Waals surface area contributed by atoms with Gasteiger partial charge in [-0.3, -0.25) is 9.69 Å². The van der Waals surface area contributed by atoms with Crippen molar-refractivity contribution in [1.29, 1.82) is 0 Å². The zero-order valence-electron chi connectivity index (χ0n) is 15.5. The summed E-state index contributed by atoms with van der Waals surface area (Å²) in [5.41, 5.74) is 3.20. The van der Waals surface area contributed by atoms with E-state index in [4.69, 9.17) is 4.74 Å². The highest BCUT2D eigenvalue weighted by Gasteiger charge is 2.30. The Bertz CT molecular complexity index is 795. The van der Waals surface area contributed by atoms with Crippen molar-refractivity contribution in [1.82, 2.24) is 4.90 Å². The highest BCUT2D eigenvalue weighted by Crippen LogP contribution is 2.40. The first kappa shape index (κ1) is 17.7. The first-order valence-corrected chi connectivity index (χ1v) is 10.2. The molecule has 1 unspecified atom stereocenters. The number of fused-ring (bicyclic) bond motifs is 1. The van der Waals surface area contributed by atoms with Crippen molar-refractivity contribution in [2.45, 2.75) is 26.3 Å². The molecule has 0 bridgehead atoms. The maximum absolute atomic E-state index is 12.9. The molecule has 138 valence electrons. The molecule has 1 atom stereocenters. The minimum Gasteiger partial charge on any atom is -0.379 e. The number of aryl methyl sites for hydroxylation is 1. The number of ether oxygens (including phenoxy) is 1. The summed E-state index contributed by atoms with van der Waals surface area (Å²) in [5, 5.41) is 1.29. The van der Waals surface area contributed by atoms with Gasteiger partial charge in [-0.2, -0.15) is 0 Å². The standard InChI is InChI=1S/C21H26N2O2S/c1-15-5-3-4-6-18(15)20(24)19-14-17-13-16(2)23(21(17)26-19)8-7-22-9-11-25-12-10-22/h3-6,14,16H,7-13H2,1-2H3. The maximum Gasteiger partial charge on any atom is 0.203 e. The molecule has 2 aromatic rings. The number of thiophene rings is 1. The molecular formula is C21H26N2O2S. The molecule has 0 N–H and O–H groups in total. The monoisotopic (exact) mass is 370 g/mol. The summed E-state index contributed by atoms with van der Waals surface area (Å²) < 4.78 is 5.44. The van der Waals surface area contributed by atoms with Crippen molar-refractivity contribution in [3.63, 3.8) is 0 Å². The summed E-state index contributed by atoms with van der Waals surface area (Å²) in [7, 11) is 0. The van der Waals surface area contributed by atoms with Gasteiger partial charge in [0.25, 0.3) is 0 Å². The maximum atomic E-state index is 12.9. The van der Waals surface area contributed by atoms with E-state index in [0.29, 0.717) is 6.04 Å². The van der Waals surface area contributed by atoms with E-state index in [1.165, 1.54) is 10.6 Å². The number of hydrogen-bond acceptors (Lipinski definition) is 5. The van der Waals surface area contributed by atoms with Gasteiger partial charge >= 0.3 is 0 Å². The summed E-state index contributed by atoms with van der Waals surface area (Å²) in [6.45, 7) is 10.1. The lowest BCUT2D eigenvalue weighted by molar-refractivity contribution is 0.0391.